The Morgan fingerprint density at radius 3 is 2.61 bits per heavy atom. The number of rotatable bonds is 3. The first-order valence-corrected chi connectivity index (χ1v) is 9.18. The zero-order valence-electron chi connectivity index (χ0n) is 13.8. The quantitative estimate of drug-likeness (QED) is 0.858. The molecule has 0 radical (unpaired) electrons. The Bertz CT molecular complexity index is 574. The van der Waals surface area contributed by atoms with Crippen LogP contribution in [-0.4, -0.2) is 47.2 Å². The highest BCUT2D eigenvalue weighted by atomic mass is 16.2. The average Bonchev–Trinajstić information content (AvgIpc) is 3.25. The molecule has 1 amide bonds. The summed E-state index contributed by atoms with van der Waals surface area (Å²) in [6, 6.07) is 2.21. The summed E-state index contributed by atoms with van der Waals surface area (Å²) in [6.07, 6.45) is 9.29. The van der Waals surface area contributed by atoms with E-state index in [1.165, 1.54) is 43.4 Å². The second-order valence-electron chi connectivity index (χ2n) is 7.25. The molecule has 0 bridgehead atoms. The van der Waals surface area contributed by atoms with Crippen molar-refractivity contribution in [2.24, 2.45) is 5.92 Å². The smallest absolute Gasteiger partial charge is 0.222 e. The van der Waals surface area contributed by atoms with Gasteiger partial charge in [0, 0.05) is 32.6 Å². The molecule has 1 aliphatic heterocycles. The monoisotopic (exact) mass is 314 g/mol. The Morgan fingerprint density at radius 2 is 1.83 bits per heavy atom. The second kappa shape index (κ2) is 6.46. The molecule has 1 saturated carbocycles. The number of aryl methyl sites for hydroxylation is 2. The van der Waals surface area contributed by atoms with E-state index >= 15 is 0 Å². The minimum Gasteiger partial charge on any atom is -0.352 e. The lowest BCUT2D eigenvalue weighted by Crippen LogP contribution is -2.49. The van der Waals surface area contributed by atoms with Crippen molar-refractivity contribution in [3.8, 4) is 0 Å². The highest BCUT2D eigenvalue weighted by Gasteiger charge is 2.26. The van der Waals surface area contributed by atoms with Crippen molar-refractivity contribution in [2.75, 3.05) is 31.1 Å². The number of anilines is 1. The molecule has 2 heterocycles. The van der Waals surface area contributed by atoms with E-state index in [9.17, 15) is 4.79 Å². The predicted molar refractivity (Wildman–Crippen MR) is 89.4 cm³/mol. The molecule has 1 saturated heterocycles. The third kappa shape index (κ3) is 3.19. The van der Waals surface area contributed by atoms with Crippen LogP contribution in [0.2, 0.25) is 0 Å². The molecule has 0 aromatic carbocycles. The van der Waals surface area contributed by atoms with Crippen LogP contribution in [0.3, 0.4) is 0 Å². The Balaban J connectivity index is 1.32. The van der Waals surface area contributed by atoms with Gasteiger partial charge in [-0.3, -0.25) is 4.79 Å². The van der Waals surface area contributed by atoms with Gasteiger partial charge in [0.15, 0.2) is 5.82 Å². The fraction of sp³-hybridized carbons (Fsp3) is 0.722. The molecule has 4 rings (SSSR count). The van der Waals surface area contributed by atoms with Gasteiger partial charge < -0.3 is 9.80 Å². The fourth-order valence-corrected chi connectivity index (χ4v) is 4.25. The number of amides is 1. The molecule has 1 aromatic rings. The van der Waals surface area contributed by atoms with Crippen molar-refractivity contribution in [1.29, 1.82) is 0 Å². The zero-order chi connectivity index (χ0) is 15.6. The first-order chi connectivity index (χ1) is 11.3. The minimum atomic E-state index is 0.358. The van der Waals surface area contributed by atoms with Gasteiger partial charge in [-0.25, -0.2) is 0 Å². The van der Waals surface area contributed by atoms with Crippen molar-refractivity contribution in [3.63, 3.8) is 0 Å². The van der Waals surface area contributed by atoms with E-state index in [0.717, 1.165) is 51.3 Å². The molecule has 124 valence electrons. The molecule has 1 aromatic heterocycles. The van der Waals surface area contributed by atoms with Crippen molar-refractivity contribution in [1.82, 2.24) is 15.1 Å². The molecule has 23 heavy (non-hydrogen) atoms. The molecule has 0 unspecified atom stereocenters. The molecular weight excluding hydrogens is 288 g/mol. The van der Waals surface area contributed by atoms with E-state index in [2.05, 4.69) is 26.1 Å². The Labute approximate surface area is 138 Å². The molecule has 2 aliphatic carbocycles. The summed E-state index contributed by atoms with van der Waals surface area (Å²) in [5, 5.41) is 8.78. The summed E-state index contributed by atoms with van der Waals surface area (Å²) in [6.45, 7) is 3.41. The maximum atomic E-state index is 12.4. The summed E-state index contributed by atoms with van der Waals surface area (Å²) < 4.78 is 0. The lowest BCUT2D eigenvalue weighted by Gasteiger charge is -2.35. The zero-order valence-corrected chi connectivity index (χ0v) is 13.8. The van der Waals surface area contributed by atoms with Gasteiger partial charge in [-0.1, -0.05) is 12.8 Å². The van der Waals surface area contributed by atoms with E-state index < -0.39 is 0 Å². The predicted octanol–water partition coefficient (Wildman–Crippen LogP) is 2.19. The van der Waals surface area contributed by atoms with Gasteiger partial charge in [0.2, 0.25) is 5.91 Å². The number of hydrogen-bond donors (Lipinski definition) is 0. The summed E-state index contributed by atoms with van der Waals surface area (Å²) in [4.78, 5) is 16.8. The third-order valence-electron chi connectivity index (χ3n) is 5.70. The number of piperazine rings is 1. The van der Waals surface area contributed by atoms with E-state index in [1.807, 2.05) is 0 Å². The molecular formula is C18H26N4O. The summed E-state index contributed by atoms with van der Waals surface area (Å²) >= 11 is 0. The van der Waals surface area contributed by atoms with Gasteiger partial charge in [-0.05, 0) is 49.7 Å². The third-order valence-corrected chi connectivity index (χ3v) is 5.70. The first-order valence-electron chi connectivity index (χ1n) is 9.18. The molecule has 5 heteroatoms. The summed E-state index contributed by atoms with van der Waals surface area (Å²) in [5.74, 6) is 1.99. The van der Waals surface area contributed by atoms with Crippen LogP contribution in [0.25, 0.3) is 0 Å². The molecule has 0 N–H and O–H groups in total. The van der Waals surface area contributed by atoms with Crippen LogP contribution in [0.5, 0.6) is 0 Å². The van der Waals surface area contributed by atoms with Crippen LogP contribution in [-0.2, 0) is 17.6 Å². The van der Waals surface area contributed by atoms with Crippen LogP contribution in [0, 0.1) is 5.92 Å². The summed E-state index contributed by atoms with van der Waals surface area (Å²) in [7, 11) is 0. The van der Waals surface area contributed by atoms with Gasteiger partial charge in [-0.2, -0.15) is 5.10 Å². The highest BCUT2D eigenvalue weighted by Crippen LogP contribution is 2.28. The molecule has 0 atom stereocenters. The number of aromatic nitrogens is 2. The Kier molecular flexibility index (Phi) is 4.19. The van der Waals surface area contributed by atoms with E-state index in [0.29, 0.717) is 11.8 Å². The van der Waals surface area contributed by atoms with E-state index in [4.69, 9.17) is 0 Å². The van der Waals surface area contributed by atoms with Gasteiger partial charge >= 0.3 is 0 Å². The maximum absolute atomic E-state index is 12.4. The molecule has 0 spiro atoms. The van der Waals surface area contributed by atoms with Crippen LogP contribution in [0.1, 0.15) is 49.8 Å². The van der Waals surface area contributed by atoms with Crippen molar-refractivity contribution in [2.45, 2.75) is 51.4 Å². The number of hydrogen-bond acceptors (Lipinski definition) is 4. The highest BCUT2D eigenvalue weighted by molar-refractivity contribution is 5.76. The largest absolute Gasteiger partial charge is 0.352 e. The van der Waals surface area contributed by atoms with Crippen LogP contribution in [0.4, 0.5) is 5.82 Å². The molecule has 3 aliphatic rings. The van der Waals surface area contributed by atoms with Crippen molar-refractivity contribution in [3.05, 3.63) is 17.3 Å². The van der Waals surface area contributed by atoms with Crippen LogP contribution < -0.4 is 4.90 Å². The number of fused-ring (bicyclic) bond motifs is 1. The van der Waals surface area contributed by atoms with E-state index in [1.54, 1.807) is 0 Å². The Hall–Kier alpha value is -1.65. The standard InChI is InChI=1S/C18H26N4O/c23-18(12-14-4-1-2-5-14)22-10-8-21(9-11-22)17-13-15-6-3-7-16(15)19-20-17/h13-14H,1-12H2. The Morgan fingerprint density at radius 1 is 1.04 bits per heavy atom. The average molecular weight is 314 g/mol. The van der Waals surface area contributed by atoms with E-state index in [-0.39, 0.29) is 0 Å². The van der Waals surface area contributed by atoms with Crippen molar-refractivity contribution < 1.29 is 4.79 Å². The van der Waals surface area contributed by atoms with Crippen LogP contribution >= 0.6 is 0 Å². The van der Waals surface area contributed by atoms with Crippen LogP contribution in [0.15, 0.2) is 6.07 Å². The van der Waals surface area contributed by atoms with Gasteiger partial charge in [-0.15, -0.1) is 5.10 Å². The minimum absolute atomic E-state index is 0.358. The molecule has 5 nitrogen and oxygen atoms in total. The maximum Gasteiger partial charge on any atom is 0.222 e. The van der Waals surface area contributed by atoms with Crippen molar-refractivity contribution >= 4 is 11.7 Å². The van der Waals surface area contributed by atoms with Gasteiger partial charge in [0.25, 0.3) is 0 Å². The topological polar surface area (TPSA) is 49.3 Å². The first kappa shape index (κ1) is 14.9. The normalized spacial score (nSPS) is 21.7. The lowest BCUT2D eigenvalue weighted by atomic mass is 10.0. The van der Waals surface area contributed by atoms with Gasteiger partial charge in [0.05, 0.1) is 5.69 Å². The van der Waals surface area contributed by atoms with Gasteiger partial charge in [0.1, 0.15) is 0 Å². The summed E-state index contributed by atoms with van der Waals surface area (Å²) in [5.41, 5.74) is 2.55. The fourth-order valence-electron chi connectivity index (χ4n) is 4.25. The number of carbonyl (C=O) groups is 1. The number of nitrogens with zero attached hydrogens (tertiary/aromatic N) is 4. The second-order valence-corrected chi connectivity index (χ2v) is 7.25. The SMILES string of the molecule is O=C(CC1CCCC1)N1CCN(c2cc3c(nn2)CCC3)CC1. The lowest BCUT2D eigenvalue weighted by molar-refractivity contribution is -0.132. The molecule has 2 fully saturated rings. The number of carbonyl (C=O) groups excluding carboxylic acids is 1.